The summed E-state index contributed by atoms with van der Waals surface area (Å²) in [6, 6.07) is 6.92. The zero-order valence-corrected chi connectivity index (χ0v) is 11.2. The topological polar surface area (TPSA) is 133 Å². The van der Waals surface area contributed by atoms with Crippen LogP contribution in [0.4, 0.5) is 0 Å². The molecular weight excluding hydrogens is 310 g/mol. The summed E-state index contributed by atoms with van der Waals surface area (Å²) >= 11 is 0. The predicted octanol–water partition coefficient (Wildman–Crippen LogP) is -1.19. The van der Waals surface area contributed by atoms with Crippen LogP contribution in [-0.2, 0) is 26.5 Å². The maximum Gasteiger partial charge on any atom is 3.00 e. The fourth-order valence-electron chi connectivity index (χ4n) is 0.849. The Kier molecular flexibility index (Phi) is 6.09. The standard InChI is InChI=1S/C7H10O7P2.Cr/c8-7(15(9,10)11)16(12,13)14-6-4-2-1-3-5-6;/h1-5,7-8H,(H,12,13)(H2,9,10,11);/q;+3/p-3. The van der Waals surface area contributed by atoms with E-state index in [9.17, 15) is 23.8 Å². The van der Waals surface area contributed by atoms with Gasteiger partial charge in [0.1, 0.15) is 5.75 Å². The van der Waals surface area contributed by atoms with E-state index in [1.807, 2.05) is 0 Å². The average Bonchev–Trinajstić information content (AvgIpc) is 2.16. The van der Waals surface area contributed by atoms with E-state index in [2.05, 4.69) is 4.52 Å². The van der Waals surface area contributed by atoms with Crippen molar-refractivity contribution >= 4 is 15.2 Å². The molecule has 0 saturated heterocycles. The molecule has 2 unspecified atom stereocenters. The van der Waals surface area contributed by atoms with Crippen LogP contribution in [0.2, 0.25) is 0 Å². The summed E-state index contributed by atoms with van der Waals surface area (Å²) in [4.78, 5) is 31.8. The number of para-hydroxylation sites is 1. The van der Waals surface area contributed by atoms with Crippen LogP contribution in [0.3, 0.4) is 0 Å². The SMILES string of the molecule is O=P([O-])([O-])C(O)P(=O)([O-])Oc1ccccc1.[Cr+3]. The summed E-state index contributed by atoms with van der Waals surface area (Å²) in [5, 5.41) is 8.79. The summed E-state index contributed by atoms with van der Waals surface area (Å²) in [6.07, 6.45) is 0. The molecule has 1 N–H and O–H groups in total. The van der Waals surface area contributed by atoms with Gasteiger partial charge in [-0.25, -0.2) is 0 Å². The first-order valence-electron chi connectivity index (χ1n) is 3.98. The van der Waals surface area contributed by atoms with E-state index in [0.717, 1.165) is 0 Å². The molecule has 0 aromatic heterocycles. The van der Waals surface area contributed by atoms with Gasteiger partial charge in [-0.1, -0.05) is 18.2 Å². The third-order valence-electron chi connectivity index (χ3n) is 1.54. The molecule has 0 bridgehead atoms. The molecule has 17 heavy (non-hydrogen) atoms. The van der Waals surface area contributed by atoms with E-state index < -0.39 is 20.8 Å². The Hall–Kier alpha value is -0.148. The maximum absolute atomic E-state index is 11.1. The average molecular weight is 317 g/mol. The zero-order chi connectivity index (χ0) is 12.4. The van der Waals surface area contributed by atoms with Crippen molar-refractivity contribution in [3.63, 3.8) is 0 Å². The molecule has 10 heteroatoms. The van der Waals surface area contributed by atoms with Crippen LogP contribution in [0.1, 0.15) is 0 Å². The monoisotopic (exact) mass is 317 g/mol. The van der Waals surface area contributed by atoms with Crippen LogP contribution in [0.5, 0.6) is 5.75 Å². The number of aliphatic hydroxyl groups excluding tert-OH is 1. The van der Waals surface area contributed by atoms with Crippen LogP contribution in [-0.4, -0.2) is 10.7 Å². The van der Waals surface area contributed by atoms with Gasteiger partial charge in [0.15, 0.2) is 5.59 Å². The summed E-state index contributed by atoms with van der Waals surface area (Å²) in [5.74, 6) is -0.187. The molecule has 0 fully saturated rings. The molecule has 0 aliphatic carbocycles. The minimum atomic E-state index is -5.66. The second-order valence-electron chi connectivity index (χ2n) is 2.83. The number of hydrogen-bond acceptors (Lipinski definition) is 7. The van der Waals surface area contributed by atoms with Gasteiger partial charge in [-0.3, -0.25) is 4.57 Å². The van der Waals surface area contributed by atoms with Gasteiger partial charge in [0, 0.05) is 0 Å². The number of aliphatic hydroxyl groups is 1. The van der Waals surface area contributed by atoms with Crippen LogP contribution in [0.15, 0.2) is 30.3 Å². The molecule has 93 valence electrons. The van der Waals surface area contributed by atoms with E-state index in [1.54, 1.807) is 6.07 Å². The van der Waals surface area contributed by atoms with Gasteiger partial charge in [-0.15, -0.1) is 0 Å². The van der Waals surface area contributed by atoms with Crippen LogP contribution >= 0.6 is 15.2 Å². The molecule has 1 rings (SSSR count). The summed E-state index contributed by atoms with van der Waals surface area (Å²) < 4.78 is 25.7. The molecule has 0 spiro atoms. The fraction of sp³-hybridized carbons (Fsp3) is 0.143. The molecule has 1 aromatic rings. The van der Waals surface area contributed by atoms with Crippen molar-refractivity contribution in [3.05, 3.63) is 30.3 Å². The molecule has 1 radical (unpaired) electrons. The molecular formula is C7H7CrO7P2. The molecule has 0 saturated carbocycles. The Labute approximate surface area is 108 Å². The summed E-state index contributed by atoms with van der Waals surface area (Å²) in [7, 11) is -10.9. The fourth-order valence-corrected chi connectivity index (χ4v) is 2.89. The Balaban J connectivity index is 0.00000256. The largest absolute Gasteiger partial charge is 3.00 e. The van der Waals surface area contributed by atoms with E-state index in [0.29, 0.717) is 0 Å². The molecule has 0 heterocycles. The van der Waals surface area contributed by atoms with Gasteiger partial charge in [-0.2, -0.15) is 0 Å². The van der Waals surface area contributed by atoms with Gasteiger partial charge in [-0.05, 0) is 19.7 Å². The first-order valence-corrected chi connectivity index (χ1v) is 7.21. The van der Waals surface area contributed by atoms with Crippen molar-refractivity contribution in [1.82, 2.24) is 0 Å². The first-order chi connectivity index (χ1) is 7.23. The molecule has 0 aliphatic rings. The van der Waals surface area contributed by atoms with Crippen LogP contribution in [0.25, 0.3) is 0 Å². The van der Waals surface area contributed by atoms with Crippen molar-refractivity contribution < 1.29 is 50.8 Å². The third-order valence-corrected chi connectivity index (χ3v) is 4.84. The van der Waals surface area contributed by atoms with Crippen molar-refractivity contribution in [2.75, 3.05) is 0 Å². The predicted molar refractivity (Wildman–Crippen MR) is 48.3 cm³/mol. The number of benzene rings is 1. The summed E-state index contributed by atoms with van der Waals surface area (Å²) in [5.41, 5.74) is -3.08. The van der Waals surface area contributed by atoms with Crippen LogP contribution < -0.4 is 19.2 Å². The second-order valence-corrected chi connectivity index (χ2v) is 6.56. The van der Waals surface area contributed by atoms with E-state index in [1.165, 1.54) is 24.3 Å². The maximum atomic E-state index is 11.1. The van der Waals surface area contributed by atoms with Gasteiger partial charge in [0.25, 0.3) is 0 Å². The minimum absolute atomic E-state index is 0. The number of hydrogen-bond donors (Lipinski definition) is 1. The zero-order valence-electron chi connectivity index (χ0n) is 8.16. The Morgan fingerprint density at radius 2 is 1.59 bits per heavy atom. The molecule has 2 atom stereocenters. The normalized spacial score (nSPS) is 16.5. The van der Waals surface area contributed by atoms with Gasteiger partial charge in [0.05, 0.1) is 0 Å². The quantitative estimate of drug-likeness (QED) is 0.690. The van der Waals surface area contributed by atoms with Gasteiger partial charge in [0.2, 0.25) is 7.60 Å². The first kappa shape index (κ1) is 16.9. The molecule has 1 aromatic carbocycles. The Bertz CT molecular complexity index is 445. The van der Waals surface area contributed by atoms with Gasteiger partial charge >= 0.3 is 17.4 Å². The van der Waals surface area contributed by atoms with Crippen molar-refractivity contribution in [1.29, 1.82) is 0 Å². The third kappa shape index (κ3) is 4.93. The van der Waals surface area contributed by atoms with Gasteiger partial charge < -0.3 is 28.9 Å². The summed E-state index contributed by atoms with van der Waals surface area (Å²) in [6.45, 7) is 0. The molecule has 7 nitrogen and oxygen atoms in total. The minimum Gasteiger partial charge on any atom is -0.809 e. The van der Waals surface area contributed by atoms with E-state index in [-0.39, 0.29) is 23.1 Å². The second kappa shape index (κ2) is 6.15. The van der Waals surface area contributed by atoms with Crippen LogP contribution in [0, 0.1) is 0 Å². The molecule has 0 amide bonds. The van der Waals surface area contributed by atoms with Crippen molar-refractivity contribution in [2.24, 2.45) is 0 Å². The van der Waals surface area contributed by atoms with E-state index >= 15 is 0 Å². The Morgan fingerprint density at radius 3 is 2.00 bits per heavy atom. The number of rotatable bonds is 4. The van der Waals surface area contributed by atoms with E-state index in [4.69, 9.17) is 5.11 Å². The van der Waals surface area contributed by atoms with Crippen molar-refractivity contribution in [3.8, 4) is 5.75 Å². The smallest absolute Gasteiger partial charge is 0.809 e. The van der Waals surface area contributed by atoms with Crippen molar-refractivity contribution in [2.45, 2.75) is 5.59 Å². The molecule has 0 aliphatic heterocycles. The Morgan fingerprint density at radius 1 is 1.12 bits per heavy atom.